The molecular formula is C46H84NO8P. The van der Waals surface area contributed by atoms with Crippen molar-refractivity contribution in [3.8, 4) is 0 Å². The Kier molecular flexibility index (Phi) is 37.1. The molecule has 0 spiro atoms. The van der Waals surface area contributed by atoms with Gasteiger partial charge >= 0.3 is 11.9 Å². The van der Waals surface area contributed by atoms with Gasteiger partial charge < -0.3 is 27.9 Å². The summed E-state index contributed by atoms with van der Waals surface area (Å²) < 4.78 is 33.9. The van der Waals surface area contributed by atoms with E-state index in [1.54, 1.807) is 0 Å². The summed E-state index contributed by atoms with van der Waals surface area (Å²) in [5.74, 6) is -0.871. The van der Waals surface area contributed by atoms with E-state index in [-0.39, 0.29) is 26.1 Å². The van der Waals surface area contributed by atoms with Crippen LogP contribution in [0.5, 0.6) is 0 Å². The Bertz CT molecular complexity index is 1100. The lowest BCUT2D eigenvalue weighted by molar-refractivity contribution is -0.870. The van der Waals surface area contributed by atoms with Gasteiger partial charge in [0.1, 0.15) is 19.8 Å². The van der Waals surface area contributed by atoms with Gasteiger partial charge in [-0.25, -0.2) is 0 Å². The van der Waals surface area contributed by atoms with Gasteiger partial charge in [-0.3, -0.25) is 14.2 Å². The largest absolute Gasteiger partial charge is 0.756 e. The first-order valence-electron chi connectivity index (χ1n) is 22.3. The predicted octanol–water partition coefficient (Wildman–Crippen LogP) is 12.1. The first kappa shape index (κ1) is 54.0. The monoisotopic (exact) mass is 810 g/mol. The summed E-state index contributed by atoms with van der Waals surface area (Å²) in [6, 6.07) is 0. The van der Waals surface area contributed by atoms with Gasteiger partial charge in [-0.15, -0.1) is 0 Å². The number of unbranched alkanes of at least 4 members (excludes halogenated alkanes) is 18. The zero-order valence-corrected chi connectivity index (χ0v) is 37.5. The van der Waals surface area contributed by atoms with Crippen molar-refractivity contribution in [1.82, 2.24) is 0 Å². The third-order valence-electron chi connectivity index (χ3n) is 9.32. The number of rotatable bonds is 40. The summed E-state index contributed by atoms with van der Waals surface area (Å²) in [7, 11) is 1.14. The molecule has 0 aromatic carbocycles. The van der Waals surface area contributed by atoms with E-state index < -0.39 is 32.5 Å². The van der Waals surface area contributed by atoms with E-state index in [9.17, 15) is 19.0 Å². The number of phosphoric acid groups is 1. The molecule has 0 saturated carbocycles. The predicted molar refractivity (Wildman–Crippen MR) is 231 cm³/mol. The summed E-state index contributed by atoms with van der Waals surface area (Å²) in [4.78, 5) is 37.5. The molecule has 0 bridgehead atoms. The maximum Gasteiger partial charge on any atom is 0.306 e. The third-order valence-corrected chi connectivity index (χ3v) is 10.3. The van der Waals surface area contributed by atoms with Gasteiger partial charge in [0.25, 0.3) is 7.82 Å². The molecule has 2 atom stereocenters. The molecule has 0 saturated heterocycles. The van der Waals surface area contributed by atoms with Crippen molar-refractivity contribution in [3.63, 3.8) is 0 Å². The maximum atomic E-state index is 12.7. The number of ether oxygens (including phenoxy) is 2. The standard InChI is InChI=1S/C46H84NO8P/c1-6-8-10-12-14-16-18-20-22-23-25-27-29-31-33-35-37-39-46(49)55-44(43-54-56(50,51)53-41-40-47(3,4)5)42-52-45(48)38-36-34-32-30-28-26-24-21-19-17-15-13-11-9-7-2/h14,16,20-22,24-25,27,44H,6-13,15,17-19,23,26,28-43H2,1-5H3/b16-14-,22-20-,24-21-,27-25-/t44-/m1/s1. The van der Waals surface area contributed by atoms with Gasteiger partial charge in [0, 0.05) is 12.8 Å². The Morgan fingerprint density at radius 1 is 0.554 bits per heavy atom. The highest BCUT2D eigenvalue weighted by Gasteiger charge is 2.21. The SMILES string of the molecule is CCCCC/C=C\C/C=C\C/C=C\CCCCCCC(=O)O[C@H](COC(=O)CCCCCCC/C=C\CCCCCCCC)COP(=O)([O-])OCC[N+](C)(C)C. The molecule has 0 N–H and O–H groups in total. The average Bonchev–Trinajstić information content (AvgIpc) is 3.15. The van der Waals surface area contributed by atoms with E-state index in [0.29, 0.717) is 23.9 Å². The van der Waals surface area contributed by atoms with E-state index in [2.05, 4.69) is 62.5 Å². The van der Waals surface area contributed by atoms with E-state index in [4.69, 9.17) is 18.5 Å². The maximum absolute atomic E-state index is 12.7. The number of nitrogens with zero attached hydrogens (tertiary/aromatic N) is 1. The quantitative estimate of drug-likeness (QED) is 0.0198. The molecule has 0 radical (unpaired) electrons. The molecule has 0 aliphatic heterocycles. The number of quaternary nitrogens is 1. The summed E-state index contributed by atoms with van der Waals surface area (Å²) in [6.45, 7) is 4.15. The molecule has 0 aromatic heterocycles. The number of hydrogen-bond acceptors (Lipinski definition) is 8. The van der Waals surface area contributed by atoms with Gasteiger partial charge in [-0.05, 0) is 77.0 Å². The molecule has 0 heterocycles. The lowest BCUT2D eigenvalue weighted by Gasteiger charge is -2.28. The van der Waals surface area contributed by atoms with Crippen LogP contribution in [-0.2, 0) is 32.7 Å². The summed E-state index contributed by atoms with van der Waals surface area (Å²) >= 11 is 0. The van der Waals surface area contributed by atoms with Crippen molar-refractivity contribution >= 4 is 19.8 Å². The molecule has 0 amide bonds. The van der Waals surface area contributed by atoms with Gasteiger partial charge in [-0.1, -0.05) is 140 Å². The molecule has 326 valence electrons. The lowest BCUT2D eigenvalue weighted by atomic mass is 10.1. The number of hydrogen-bond donors (Lipinski definition) is 0. The molecule has 0 aromatic rings. The highest BCUT2D eigenvalue weighted by molar-refractivity contribution is 7.45. The summed E-state index contributed by atoms with van der Waals surface area (Å²) in [5.41, 5.74) is 0. The van der Waals surface area contributed by atoms with Gasteiger partial charge in [0.15, 0.2) is 6.10 Å². The van der Waals surface area contributed by atoms with E-state index >= 15 is 0 Å². The second-order valence-corrected chi connectivity index (χ2v) is 17.5. The molecule has 9 nitrogen and oxygen atoms in total. The molecule has 10 heteroatoms. The van der Waals surface area contributed by atoms with Crippen LogP contribution in [0.1, 0.15) is 181 Å². The molecule has 0 aliphatic rings. The van der Waals surface area contributed by atoms with Gasteiger partial charge in [-0.2, -0.15) is 0 Å². The number of carbonyl (C=O) groups excluding carboxylic acids is 2. The van der Waals surface area contributed by atoms with Crippen molar-refractivity contribution in [1.29, 1.82) is 0 Å². The van der Waals surface area contributed by atoms with Crippen molar-refractivity contribution in [2.45, 2.75) is 187 Å². The fourth-order valence-corrected chi connectivity index (χ4v) is 6.50. The van der Waals surface area contributed by atoms with Crippen LogP contribution in [0.15, 0.2) is 48.6 Å². The summed E-state index contributed by atoms with van der Waals surface area (Å²) in [6.07, 6.45) is 44.2. The fraction of sp³-hybridized carbons (Fsp3) is 0.783. The first-order valence-corrected chi connectivity index (χ1v) is 23.8. The van der Waals surface area contributed by atoms with E-state index in [1.165, 1.54) is 70.6 Å². The third kappa shape index (κ3) is 41.6. The molecule has 56 heavy (non-hydrogen) atoms. The Morgan fingerprint density at radius 3 is 1.48 bits per heavy atom. The summed E-state index contributed by atoms with van der Waals surface area (Å²) in [5, 5.41) is 0. The second kappa shape index (κ2) is 38.5. The number of esters is 2. The van der Waals surface area contributed by atoms with Crippen LogP contribution in [0.4, 0.5) is 0 Å². The Labute approximate surface area is 343 Å². The van der Waals surface area contributed by atoms with Crippen LogP contribution in [0.25, 0.3) is 0 Å². The average molecular weight is 810 g/mol. The van der Waals surface area contributed by atoms with Gasteiger partial charge in [0.05, 0.1) is 27.7 Å². The molecule has 0 fully saturated rings. The lowest BCUT2D eigenvalue weighted by Crippen LogP contribution is -2.37. The first-order chi connectivity index (χ1) is 27.0. The normalized spacial score (nSPS) is 14.0. The van der Waals surface area contributed by atoms with Crippen LogP contribution in [0.3, 0.4) is 0 Å². The molecular weight excluding hydrogens is 725 g/mol. The smallest absolute Gasteiger partial charge is 0.306 e. The molecule has 0 rings (SSSR count). The second-order valence-electron chi connectivity index (χ2n) is 16.1. The highest BCUT2D eigenvalue weighted by Crippen LogP contribution is 2.38. The van der Waals surface area contributed by atoms with Crippen LogP contribution in [-0.4, -0.2) is 70.0 Å². The van der Waals surface area contributed by atoms with Crippen LogP contribution in [0.2, 0.25) is 0 Å². The number of phosphoric ester groups is 1. The van der Waals surface area contributed by atoms with E-state index in [0.717, 1.165) is 70.6 Å². The minimum Gasteiger partial charge on any atom is -0.756 e. The Morgan fingerprint density at radius 2 is 0.964 bits per heavy atom. The van der Waals surface area contributed by atoms with Crippen LogP contribution in [0, 0.1) is 0 Å². The van der Waals surface area contributed by atoms with Crippen molar-refractivity contribution in [2.24, 2.45) is 0 Å². The van der Waals surface area contributed by atoms with Crippen molar-refractivity contribution in [3.05, 3.63) is 48.6 Å². The number of allylic oxidation sites excluding steroid dienone is 8. The van der Waals surface area contributed by atoms with Crippen LogP contribution >= 0.6 is 7.82 Å². The van der Waals surface area contributed by atoms with E-state index in [1.807, 2.05) is 21.1 Å². The highest BCUT2D eigenvalue weighted by atomic mass is 31.2. The zero-order valence-electron chi connectivity index (χ0n) is 36.6. The topological polar surface area (TPSA) is 111 Å². The minimum absolute atomic E-state index is 0.0381. The van der Waals surface area contributed by atoms with Crippen molar-refractivity contribution < 1.29 is 42.1 Å². The van der Waals surface area contributed by atoms with Crippen molar-refractivity contribution in [2.75, 3.05) is 47.5 Å². The number of carbonyl (C=O) groups is 2. The molecule has 0 aliphatic carbocycles. The number of likely N-dealkylation sites (N-methyl/N-ethyl adjacent to an activating group) is 1. The Hall–Kier alpha value is -2.03. The van der Waals surface area contributed by atoms with Crippen LogP contribution < -0.4 is 4.89 Å². The molecule has 1 unspecified atom stereocenters. The Balaban J connectivity index is 4.42. The van der Waals surface area contributed by atoms with Gasteiger partial charge in [0.2, 0.25) is 0 Å². The minimum atomic E-state index is -4.63. The fourth-order valence-electron chi connectivity index (χ4n) is 5.77. The zero-order chi connectivity index (χ0) is 41.4.